The number of phenols is 1. The van der Waals surface area contributed by atoms with Crippen molar-refractivity contribution < 1.29 is 29.4 Å². The van der Waals surface area contributed by atoms with Crippen molar-refractivity contribution in [2.24, 2.45) is 11.7 Å². The largest absolute Gasteiger partial charge is 0.508 e. The van der Waals surface area contributed by atoms with Crippen LogP contribution in [0.3, 0.4) is 0 Å². The molecule has 2 aromatic heterocycles. The number of hydrogen-bond acceptors (Lipinski definition) is 6. The zero-order valence-electron chi connectivity index (χ0n) is 27.4. The van der Waals surface area contributed by atoms with E-state index >= 15 is 0 Å². The summed E-state index contributed by atoms with van der Waals surface area (Å²) in [7, 11) is 0. The normalized spacial score (nSPS) is 14.4. The summed E-state index contributed by atoms with van der Waals surface area (Å²) in [5.74, 6) is -3.27. The van der Waals surface area contributed by atoms with Crippen LogP contribution in [-0.4, -0.2) is 68.0 Å². The van der Waals surface area contributed by atoms with Gasteiger partial charge < -0.3 is 41.9 Å². The fourth-order valence-corrected chi connectivity index (χ4v) is 5.92. The third-order valence-electron chi connectivity index (χ3n) is 8.97. The first kappa shape index (κ1) is 34.7. The van der Waals surface area contributed by atoms with Gasteiger partial charge in [0.05, 0.1) is 6.04 Å². The Hall–Kier alpha value is -5.62. The predicted octanol–water partition coefficient (Wildman–Crippen LogP) is 3.30. The highest BCUT2D eigenvalue weighted by Gasteiger charge is 2.33. The molecule has 0 radical (unpaired) electrons. The summed E-state index contributed by atoms with van der Waals surface area (Å²) in [5.41, 5.74) is 10.1. The van der Waals surface area contributed by atoms with Gasteiger partial charge in [0, 0.05) is 47.0 Å². The molecule has 0 spiro atoms. The van der Waals surface area contributed by atoms with Crippen molar-refractivity contribution in [3.8, 4) is 5.75 Å². The van der Waals surface area contributed by atoms with E-state index in [1.54, 1.807) is 24.5 Å². The molecule has 0 aliphatic rings. The lowest BCUT2D eigenvalue weighted by molar-refractivity contribution is -0.142. The highest BCUT2D eigenvalue weighted by Crippen LogP contribution is 2.21. The molecule has 0 bridgehead atoms. The first-order valence-electron chi connectivity index (χ1n) is 16.3. The maximum Gasteiger partial charge on any atom is 0.326 e. The molecule has 49 heavy (non-hydrogen) atoms. The second-order valence-corrected chi connectivity index (χ2v) is 12.4. The van der Waals surface area contributed by atoms with Crippen LogP contribution in [-0.2, 0) is 38.4 Å². The van der Waals surface area contributed by atoms with E-state index in [4.69, 9.17) is 5.73 Å². The highest BCUT2D eigenvalue weighted by atomic mass is 16.4. The van der Waals surface area contributed by atoms with Crippen LogP contribution in [0.5, 0.6) is 5.75 Å². The van der Waals surface area contributed by atoms with Crippen molar-refractivity contribution in [3.05, 3.63) is 102 Å². The van der Waals surface area contributed by atoms with E-state index in [0.29, 0.717) is 6.42 Å². The number of nitrogens with two attached hydrogens (primary N) is 1. The van der Waals surface area contributed by atoms with E-state index in [-0.39, 0.29) is 30.9 Å². The highest BCUT2D eigenvalue weighted by molar-refractivity contribution is 5.95. The van der Waals surface area contributed by atoms with Crippen molar-refractivity contribution in [2.75, 3.05) is 0 Å². The molecule has 256 valence electrons. The molecular weight excluding hydrogens is 624 g/mol. The quantitative estimate of drug-likeness (QED) is 0.0837. The maximum atomic E-state index is 13.9. The number of aromatic hydroxyl groups is 1. The molecule has 0 aliphatic carbocycles. The summed E-state index contributed by atoms with van der Waals surface area (Å²) in [6, 6.07) is 16.9. The molecule has 3 amide bonds. The number of aliphatic carboxylic acids is 1. The minimum Gasteiger partial charge on any atom is -0.508 e. The number of amides is 3. The van der Waals surface area contributed by atoms with Gasteiger partial charge in [0.15, 0.2) is 0 Å². The Bertz CT molecular complexity index is 1930. The number of benzene rings is 3. The Morgan fingerprint density at radius 1 is 0.714 bits per heavy atom. The minimum absolute atomic E-state index is 0.0172. The Morgan fingerprint density at radius 3 is 1.80 bits per heavy atom. The van der Waals surface area contributed by atoms with Gasteiger partial charge in [0.25, 0.3) is 0 Å². The summed E-state index contributed by atoms with van der Waals surface area (Å²) in [4.78, 5) is 59.8. The zero-order chi connectivity index (χ0) is 35.1. The Morgan fingerprint density at radius 2 is 1.24 bits per heavy atom. The van der Waals surface area contributed by atoms with Gasteiger partial charge in [-0.25, -0.2) is 4.79 Å². The molecule has 12 nitrogen and oxygen atoms in total. The third kappa shape index (κ3) is 8.46. The van der Waals surface area contributed by atoms with Gasteiger partial charge in [0.2, 0.25) is 17.7 Å². The van der Waals surface area contributed by atoms with E-state index in [9.17, 15) is 29.4 Å². The number of para-hydroxylation sites is 2. The number of fused-ring (bicyclic) bond motifs is 2. The Labute approximate surface area is 283 Å². The summed E-state index contributed by atoms with van der Waals surface area (Å²) < 4.78 is 0. The molecule has 9 N–H and O–H groups in total. The number of carboxylic acid groups (broad SMARTS) is 1. The lowest BCUT2D eigenvalue weighted by Gasteiger charge is -2.28. The molecule has 12 heteroatoms. The topological polar surface area (TPSA) is 202 Å². The summed E-state index contributed by atoms with van der Waals surface area (Å²) >= 11 is 0. The average Bonchev–Trinajstić information content (AvgIpc) is 3.70. The molecule has 0 aliphatic heterocycles. The lowest BCUT2D eigenvalue weighted by Crippen LogP contribution is -2.59. The molecule has 0 fully saturated rings. The van der Waals surface area contributed by atoms with Crippen LogP contribution >= 0.6 is 0 Å². The molecule has 5 unspecified atom stereocenters. The number of H-pyrrole nitrogens is 2. The van der Waals surface area contributed by atoms with Gasteiger partial charge >= 0.3 is 5.97 Å². The fraction of sp³-hybridized carbons (Fsp3) is 0.297. The van der Waals surface area contributed by atoms with Crippen molar-refractivity contribution in [1.82, 2.24) is 25.9 Å². The number of rotatable bonds is 15. The van der Waals surface area contributed by atoms with Gasteiger partial charge in [-0.2, -0.15) is 0 Å². The van der Waals surface area contributed by atoms with Crippen LogP contribution in [0.4, 0.5) is 0 Å². The third-order valence-corrected chi connectivity index (χ3v) is 8.97. The van der Waals surface area contributed by atoms with Gasteiger partial charge in [-0.3, -0.25) is 14.4 Å². The zero-order valence-corrected chi connectivity index (χ0v) is 27.4. The van der Waals surface area contributed by atoms with Gasteiger partial charge in [-0.05, 0) is 53.3 Å². The number of carboxylic acids is 1. The summed E-state index contributed by atoms with van der Waals surface area (Å²) in [6.07, 6.45) is 4.28. The molecule has 5 rings (SSSR count). The first-order valence-corrected chi connectivity index (χ1v) is 16.3. The molecule has 2 heterocycles. The van der Waals surface area contributed by atoms with Gasteiger partial charge in [0.1, 0.15) is 23.9 Å². The van der Waals surface area contributed by atoms with Crippen molar-refractivity contribution in [1.29, 1.82) is 0 Å². The molecule has 0 saturated heterocycles. The number of aromatic amines is 2. The van der Waals surface area contributed by atoms with Crippen LogP contribution in [0.25, 0.3) is 21.8 Å². The average molecular weight is 667 g/mol. The van der Waals surface area contributed by atoms with E-state index in [1.807, 2.05) is 62.4 Å². The molecule has 5 atom stereocenters. The number of aromatic nitrogens is 2. The Balaban J connectivity index is 1.36. The molecule has 5 aromatic rings. The van der Waals surface area contributed by atoms with Crippen molar-refractivity contribution in [2.45, 2.75) is 63.7 Å². The van der Waals surface area contributed by atoms with Crippen LogP contribution in [0.15, 0.2) is 85.2 Å². The smallest absolute Gasteiger partial charge is 0.326 e. The van der Waals surface area contributed by atoms with Crippen LogP contribution in [0.2, 0.25) is 0 Å². The van der Waals surface area contributed by atoms with Gasteiger partial charge in [-0.15, -0.1) is 0 Å². The van der Waals surface area contributed by atoms with E-state index in [0.717, 1.165) is 38.5 Å². The SMILES string of the molecule is CCC(C)C(NC(=O)C(N)Cc1ccc(O)cc1)C(=O)NC(Cc1c[nH]c2ccccc12)C(=O)NC(Cc1c[nH]c2ccccc12)C(=O)O. The Kier molecular flexibility index (Phi) is 11.0. The van der Waals surface area contributed by atoms with Crippen LogP contribution < -0.4 is 21.7 Å². The standard InChI is InChI=1S/C37H42N6O6/c1-3-21(2)33(43-34(45)28(38)16-22-12-14-25(44)15-13-22)36(47)41-31(17-23-19-39-29-10-6-4-8-26(23)29)35(46)42-32(37(48)49)18-24-20-40-30-11-7-5-9-27(24)30/h4-15,19-21,28,31-33,39-40,44H,3,16-18,38H2,1-2H3,(H,41,47)(H,42,46)(H,43,45)(H,48,49). The number of phenolic OH excluding ortho intramolecular Hbond substituents is 1. The van der Waals surface area contributed by atoms with E-state index in [2.05, 4.69) is 25.9 Å². The fourth-order valence-electron chi connectivity index (χ4n) is 5.92. The van der Waals surface area contributed by atoms with Gasteiger partial charge in [-0.1, -0.05) is 68.8 Å². The molecular formula is C37H42N6O6. The van der Waals surface area contributed by atoms with E-state index in [1.165, 1.54) is 12.1 Å². The first-order chi connectivity index (χ1) is 23.5. The lowest BCUT2D eigenvalue weighted by atomic mass is 9.96. The minimum atomic E-state index is -1.28. The van der Waals surface area contributed by atoms with Crippen molar-refractivity contribution >= 4 is 45.5 Å². The van der Waals surface area contributed by atoms with Crippen LogP contribution in [0.1, 0.15) is 37.0 Å². The molecule has 0 saturated carbocycles. The van der Waals surface area contributed by atoms with Crippen LogP contribution in [0, 0.1) is 5.92 Å². The summed E-state index contributed by atoms with van der Waals surface area (Å²) in [5, 5.41) is 29.7. The van der Waals surface area contributed by atoms with Crippen molar-refractivity contribution in [3.63, 3.8) is 0 Å². The summed E-state index contributed by atoms with van der Waals surface area (Å²) in [6.45, 7) is 3.69. The predicted molar refractivity (Wildman–Crippen MR) is 187 cm³/mol. The van der Waals surface area contributed by atoms with E-state index < -0.39 is 47.9 Å². The number of carbonyl (C=O) groups is 4. The number of carbonyl (C=O) groups excluding carboxylic acids is 3. The number of hydrogen-bond donors (Lipinski definition) is 8. The maximum absolute atomic E-state index is 13.9. The number of nitrogens with one attached hydrogen (secondary N) is 5. The second-order valence-electron chi connectivity index (χ2n) is 12.4. The molecule has 3 aromatic carbocycles. The monoisotopic (exact) mass is 666 g/mol. The second kappa shape index (κ2) is 15.5.